The fraction of sp³-hybridized carbons (Fsp3) is 0.579. The Morgan fingerprint density at radius 1 is 1.22 bits per heavy atom. The normalized spacial score (nSPS) is 20.4. The van der Waals surface area contributed by atoms with Gasteiger partial charge in [-0.05, 0) is 43.4 Å². The van der Waals surface area contributed by atoms with E-state index in [9.17, 15) is 9.59 Å². The molecule has 3 rings (SSSR count). The van der Waals surface area contributed by atoms with Crippen LogP contribution >= 0.6 is 35.6 Å². The Morgan fingerprint density at radius 2 is 2.04 bits per heavy atom. The molecule has 0 radical (unpaired) electrons. The molecular formula is C19H26Cl3N3O2. The van der Waals surface area contributed by atoms with Crippen molar-refractivity contribution in [2.75, 3.05) is 32.7 Å². The second kappa shape index (κ2) is 10.5. The molecule has 27 heavy (non-hydrogen) atoms. The lowest BCUT2D eigenvalue weighted by Gasteiger charge is -2.41. The molecular weight excluding hydrogens is 409 g/mol. The van der Waals surface area contributed by atoms with Crippen molar-refractivity contribution in [3.63, 3.8) is 0 Å². The molecule has 8 heteroatoms. The molecule has 1 atom stereocenters. The number of nitrogens with zero attached hydrogens (tertiary/aromatic N) is 2. The van der Waals surface area contributed by atoms with Crippen molar-refractivity contribution in [2.45, 2.75) is 38.1 Å². The lowest BCUT2D eigenvalue weighted by molar-refractivity contribution is -0.140. The standard InChI is InChI=1S/C19H25Cl2N3O2.ClH/c20-16-7-6-14(11-17(16)21)3-1-5-18(25)23-9-2-4-15(13-23)24-10-8-22-12-19(24)26;/h6-7,11,15,22H,1-5,8-10,12-13H2;1H. The fourth-order valence-corrected chi connectivity index (χ4v) is 4.06. The largest absolute Gasteiger partial charge is 0.341 e. The Bertz CT molecular complexity index is 672. The second-order valence-electron chi connectivity index (χ2n) is 7.00. The van der Waals surface area contributed by atoms with Gasteiger partial charge in [-0.1, -0.05) is 29.3 Å². The van der Waals surface area contributed by atoms with Crippen LogP contribution in [0.3, 0.4) is 0 Å². The minimum atomic E-state index is 0. The first-order valence-corrected chi connectivity index (χ1v) is 10.0. The van der Waals surface area contributed by atoms with E-state index in [4.69, 9.17) is 23.2 Å². The molecule has 0 saturated carbocycles. The predicted molar refractivity (Wildman–Crippen MR) is 111 cm³/mol. The van der Waals surface area contributed by atoms with E-state index < -0.39 is 0 Å². The summed E-state index contributed by atoms with van der Waals surface area (Å²) in [6, 6.07) is 5.77. The maximum absolute atomic E-state index is 12.6. The number of hydrogen-bond acceptors (Lipinski definition) is 3. The number of hydrogen-bond donors (Lipinski definition) is 1. The molecule has 2 saturated heterocycles. The molecule has 150 valence electrons. The summed E-state index contributed by atoms with van der Waals surface area (Å²) < 4.78 is 0. The molecule has 1 aromatic carbocycles. The molecule has 0 bridgehead atoms. The second-order valence-corrected chi connectivity index (χ2v) is 7.82. The molecule has 0 aliphatic carbocycles. The molecule has 5 nitrogen and oxygen atoms in total. The number of nitrogens with one attached hydrogen (secondary N) is 1. The number of carbonyl (C=O) groups excluding carboxylic acids is 2. The molecule has 1 aromatic rings. The van der Waals surface area contributed by atoms with Crippen molar-refractivity contribution in [3.05, 3.63) is 33.8 Å². The summed E-state index contributed by atoms with van der Waals surface area (Å²) in [6.45, 7) is 3.44. The average molecular weight is 435 g/mol. The minimum Gasteiger partial charge on any atom is -0.341 e. The number of carbonyl (C=O) groups is 2. The van der Waals surface area contributed by atoms with Gasteiger partial charge >= 0.3 is 0 Å². The smallest absolute Gasteiger partial charge is 0.236 e. The van der Waals surface area contributed by atoms with Crippen LogP contribution in [0.5, 0.6) is 0 Å². The maximum atomic E-state index is 12.6. The molecule has 2 amide bonds. The zero-order valence-corrected chi connectivity index (χ0v) is 17.6. The van der Waals surface area contributed by atoms with Crippen LogP contribution in [0.2, 0.25) is 10.0 Å². The topological polar surface area (TPSA) is 52.7 Å². The zero-order chi connectivity index (χ0) is 18.5. The lowest BCUT2D eigenvalue weighted by atomic mass is 10.0. The first-order valence-electron chi connectivity index (χ1n) is 9.26. The Labute approximate surface area is 176 Å². The molecule has 0 aromatic heterocycles. The number of benzene rings is 1. The summed E-state index contributed by atoms with van der Waals surface area (Å²) in [5, 5.41) is 4.20. The first-order chi connectivity index (χ1) is 12.5. The molecule has 2 fully saturated rings. The van der Waals surface area contributed by atoms with Crippen molar-refractivity contribution in [2.24, 2.45) is 0 Å². The van der Waals surface area contributed by atoms with Crippen LogP contribution < -0.4 is 5.32 Å². The molecule has 2 aliphatic heterocycles. The summed E-state index contributed by atoms with van der Waals surface area (Å²) >= 11 is 12.0. The van der Waals surface area contributed by atoms with E-state index in [2.05, 4.69) is 5.32 Å². The Balaban J connectivity index is 0.00000261. The van der Waals surface area contributed by atoms with Crippen molar-refractivity contribution in [1.82, 2.24) is 15.1 Å². The Morgan fingerprint density at radius 3 is 2.78 bits per heavy atom. The van der Waals surface area contributed by atoms with E-state index in [1.807, 2.05) is 21.9 Å². The molecule has 2 aliphatic rings. The number of rotatable bonds is 5. The number of piperidine rings is 1. The van der Waals surface area contributed by atoms with Gasteiger partial charge in [0.25, 0.3) is 0 Å². The van der Waals surface area contributed by atoms with Crippen molar-refractivity contribution in [1.29, 1.82) is 0 Å². The number of piperazine rings is 1. The monoisotopic (exact) mass is 433 g/mol. The highest BCUT2D eigenvalue weighted by atomic mass is 35.5. The summed E-state index contributed by atoms with van der Waals surface area (Å²) in [7, 11) is 0. The SMILES string of the molecule is Cl.O=C(CCCc1ccc(Cl)c(Cl)c1)N1CCCC(N2CCNCC2=O)C1. The van der Waals surface area contributed by atoms with Crippen molar-refractivity contribution < 1.29 is 9.59 Å². The van der Waals surface area contributed by atoms with Gasteiger partial charge < -0.3 is 15.1 Å². The van der Waals surface area contributed by atoms with Crippen LogP contribution in [-0.4, -0.2) is 60.4 Å². The van der Waals surface area contributed by atoms with Gasteiger partial charge in [0.2, 0.25) is 11.8 Å². The van der Waals surface area contributed by atoms with Crippen LogP contribution in [0.4, 0.5) is 0 Å². The van der Waals surface area contributed by atoms with Crippen LogP contribution in [0.15, 0.2) is 18.2 Å². The van der Waals surface area contributed by atoms with E-state index in [0.717, 1.165) is 50.9 Å². The first kappa shape index (κ1) is 22.3. The third-order valence-corrected chi connectivity index (χ3v) is 5.90. The Kier molecular flexibility index (Phi) is 8.67. The van der Waals surface area contributed by atoms with E-state index >= 15 is 0 Å². The van der Waals surface area contributed by atoms with E-state index in [1.165, 1.54) is 0 Å². The van der Waals surface area contributed by atoms with Gasteiger partial charge in [0.15, 0.2) is 0 Å². The van der Waals surface area contributed by atoms with Crippen molar-refractivity contribution in [3.8, 4) is 0 Å². The zero-order valence-electron chi connectivity index (χ0n) is 15.3. The maximum Gasteiger partial charge on any atom is 0.236 e. The number of aryl methyl sites for hydroxylation is 1. The van der Waals surface area contributed by atoms with Gasteiger partial charge in [0.1, 0.15) is 0 Å². The van der Waals surface area contributed by atoms with E-state index in [0.29, 0.717) is 29.6 Å². The number of amides is 2. The van der Waals surface area contributed by atoms with Crippen LogP contribution in [0.1, 0.15) is 31.2 Å². The van der Waals surface area contributed by atoms with Gasteiger partial charge in [-0.2, -0.15) is 0 Å². The fourth-order valence-electron chi connectivity index (χ4n) is 3.74. The third kappa shape index (κ3) is 5.98. The summed E-state index contributed by atoms with van der Waals surface area (Å²) in [5.74, 6) is 0.326. The highest BCUT2D eigenvalue weighted by molar-refractivity contribution is 6.42. The van der Waals surface area contributed by atoms with Crippen molar-refractivity contribution >= 4 is 47.4 Å². The van der Waals surface area contributed by atoms with Crippen LogP contribution in [0.25, 0.3) is 0 Å². The predicted octanol–water partition coefficient (Wildman–Crippen LogP) is 3.16. The average Bonchev–Trinajstić information content (AvgIpc) is 2.65. The van der Waals surface area contributed by atoms with Gasteiger partial charge in [-0.25, -0.2) is 0 Å². The van der Waals surface area contributed by atoms with E-state index in [-0.39, 0.29) is 30.3 Å². The minimum absolute atomic E-state index is 0. The van der Waals surface area contributed by atoms with Gasteiger partial charge in [-0.3, -0.25) is 9.59 Å². The van der Waals surface area contributed by atoms with Gasteiger partial charge in [0.05, 0.1) is 16.6 Å². The third-order valence-electron chi connectivity index (χ3n) is 5.16. The Hall–Kier alpha value is -1.01. The summed E-state index contributed by atoms with van der Waals surface area (Å²) in [4.78, 5) is 28.6. The quantitative estimate of drug-likeness (QED) is 0.774. The summed E-state index contributed by atoms with van der Waals surface area (Å²) in [6.07, 6.45) is 4.04. The number of halogens is 3. The molecule has 1 N–H and O–H groups in total. The summed E-state index contributed by atoms with van der Waals surface area (Å²) in [5.41, 5.74) is 1.09. The van der Waals surface area contributed by atoms with Crippen LogP contribution in [0, 0.1) is 0 Å². The number of likely N-dealkylation sites (tertiary alicyclic amines) is 1. The van der Waals surface area contributed by atoms with Crippen LogP contribution in [-0.2, 0) is 16.0 Å². The highest BCUT2D eigenvalue weighted by Crippen LogP contribution is 2.24. The molecule has 0 spiro atoms. The van der Waals surface area contributed by atoms with E-state index in [1.54, 1.807) is 6.07 Å². The molecule has 1 unspecified atom stereocenters. The highest BCUT2D eigenvalue weighted by Gasteiger charge is 2.31. The van der Waals surface area contributed by atoms with Gasteiger partial charge in [0, 0.05) is 38.6 Å². The lowest BCUT2D eigenvalue weighted by Crippen LogP contribution is -2.57. The van der Waals surface area contributed by atoms with Gasteiger partial charge in [-0.15, -0.1) is 12.4 Å². The molecule has 2 heterocycles.